The van der Waals surface area contributed by atoms with Gasteiger partial charge in [-0.05, 0) is 55.9 Å². The van der Waals surface area contributed by atoms with Gasteiger partial charge in [0.25, 0.3) is 0 Å². The lowest BCUT2D eigenvalue weighted by molar-refractivity contribution is 0.102. The molecule has 0 N–H and O–H groups in total. The van der Waals surface area contributed by atoms with Crippen molar-refractivity contribution in [1.82, 2.24) is 0 Å². The zero-order valence-corrected chi connectivity index (χ0v) is 10.7. The van der Waals surface area contributed by atoms with Crippen molar-refractivity contribution in [2.24, 2.45) is 0 Å². The molecule has 0 aliphatic heterocycles. The molecule has 0 amide bonds. The number of allylic oxidation sites excluding steroid dienone is 2. The van der Waals surface area contributed by atoms with Gasteiger partial charge in [-0.1, -0.05) is 12.1 Å². The number of methoxy groups -OCH3 is 1. The average molecular weight is 230 g/mol. The molecule has 2 heteroatoms. The molecule has 0 saturated heterocycles. The highest BCUT2D eigenvalue weighted by Gasteiger charge is 2.21. The largest absolute Gasteiger partial charge is 0.496 e. The summed E-state index contributed by atoms with van der Waals surface area (Å²) in [7, 11) is 1.62. The van der Waals surface area contributed by atoms with Gasteiger partial charge in [-0.15, -0.1) is 0 Å². The topological polar surface area (TPSA) is 26.3 Å². The van der Waals surface area contributed by atoms with Crippen molar-refractivity contribution in [2.45, 2.75) is 33.1 Å². The Kier molecular flexibility index (Phi) is 3.32. The second kappa shape index (κ2) is 4.74. The number of carbonyl (C=O) groups excluding carboxylic acids is 1. The van der Waals surface area contributed by atoms with Crippen LogP contribution in [-0.2, 0) is 0 Å². The number of Topliss-reactive ketones (excluding diaryl/α,β-unsaturated/α-hetero) is 1. The number of hydrogen-bond acceptors (Lipinski definition) is 2. The molecule has 0 atom stereocenters. The highest BCUT2D eigenvalue weighted by molar-refractivity contribution is 6.11. The molecule has 0 heterocycles. The van der Waals surface area contributed by atoms with E-state index in [0.717, 1.165) is 41.5 Å². The molecule has 0 spiro atoms. The van der Waals surface area contributed by atoms with E-state index in [0.29, 0.717) is 5.75 Å². The Bertz CT molecular complexity index is 484. The van der Waals surface area contributed by atoms with Crippen LogP contribution in [0.2, 0.25) is 0 Å². The van der Waals surface area contributed by atoms with E-state index in [1.54, 1.807) is 7.11 Å². The van der Waals surface area contributed by atoms with E-state index in [1.165, 1.54) is 0 Å². The van der Waals surface area contributed by atoms with Gasteiger partial charge < -0.3 is 4.74 Å². The van der Waals surface area contributed by atoms with Crippen molar-refractivity contribution >= 4 is 5.78 Å². The van der Waals surface area contributed by atoms with Gasteiger partial charge >= 0.3 is 0 Å². The third-order valence-corrected chi connectivity index (χ3v) is 3.22. The van der Waals surface area contributed by atoms with Crippen LogP contribution in [-0.4, -0.2) is 12.9 Å². The number of ketones is 1. The molecule has 0 unspecified atom stereocenters. The van der Waals surface area contributed by atoms with Gasteiger partial charge in [-0.25, -0.2) is 0 Å². The number of benzene rings is 1. The van der Waals surface area contributed by atoms with Gasteiger partial charge in [0, 0.05) is 0 Å². The number of carbonyl (C=O) groups is 1. The summed E-state index contributed by atoms with van der Waals surface area (Å²) in [6.07, 6.45) is 5.07. The Morgan fingerprint density at radius 2 is 2.06 bits per heavy atom. The van der Waals surface area contributed by atoms with E-state index in [-0.39, 0.29) is 5.78 Å². The fourth-order valence-corrected chi connectivity index (χ4v) is 2.42. The summed E-state index contributed by atoms with van der Waals surface area (Å²) < 4.78 is 5.34. The minimum absolute atomic E-state index is 0.136. The van der Waals surface area contributed by atoms with E-state index in [9.17, 15) is 4.79 Å². The van der Waals surface area contributed by atoms with E-state index in [4.69, 9.17) is 4.74 Å². The van der Waals surface area contributed by atoms with Gasteiger partial charge in [0.15, 0.2) is 5.78 Å². The van der Waals surface area contributed by atoms with Crippen molar-refractivity contribution in [1.29, 1.82) is 0 Å². The minimum Gasteiger partial charge on any atom is -0.496 e. The van der Waals surface area contributed by atoms with Crippen LogP contribution in [0.4, 0.5) is 0 Å². The lowest BCUT2D eigenvalue weighted by atomic mass is 9.96. The Morgan fingerprint density at radius 1 is 1.29 bits per heavy atom. The van der Waals surface area contributed by atoms with Gasteiger partial charge in [-0.2, -0.15) is 0 Å². The monoisotopic (exact) mass is 230 g/mol. The molecular formula is C15H18O2. The van der Waals surface area contributed by atoms with Crippen LogP contribution < -0.4 is 4.74 Å². The Hall–Kier alpha value is -1.57. The van der Waals surface area contributed by atoms with Crippen LogP contribution in [0, 0.1) is 13.8 Å². The van der Waals surface area contributed by atoms with Crippen molar-refractivity contribution in [3.8, 4) is 5.75 Å². The summed E-state index contributed by atoms with van der Waals surface area (Å²) in [6.45, 7) is 3.98. The molecule has 0 aromatic heterocycles. The van der Waals surface area contributed by atoms with Crippen LogP contribution >= 0.6 is 0 Å². The predicted molar refractivity (Wildman–Crippen MR) is 68.7 cm³/mol. The summed E-state index contributed by atoms with van der Waals surface area (Å²) in [6, 6.07) is 3.96. The number of hydrogen-bond donors (Lipinski definition) is 0. The molecule has 1 aliphatic rings. The fraction of sp³-hybridized carbons (Fsp3) is 0.400. The number of ether oxygens (including phenoxy) is 1. The Morgan fingerprint density at radius 3 is 2.65 bits per heavy atom. The van der Waals surface area contributed by atoms with E-state index >= 15 is 0 Å². The Balaban J connectivity index is 2.47. The number of rotatable bonds is 3. The van der Waals surface area contributed by atoms with Crippen molar-refractivity contribution in [3.63, 3.8) is 0 Å². The molecule has 0 radical (unpaired) electrons. The van der Waals surface area contributed by atoms with Gasteiger partial charge in [0.1, 0.15) is 5.75 Å². The molecule has 2 nitrogen and oxygen atoms in total. The number of aryl methyl sites for hydroxylation is 2. The molecule has 17 heavy (non-hydrogen) atoms. The quantitative estimate of drug-likeness (QED) is 0.741. The van der Waals surface area contributed by atoms with E-state index in [2.05, 4.69) is 6.08 Å². The first-order chi connectivity index (χ1) is 8.13. The Labute approximate surface area is 102 Å². The lowest BCUT2D eigenvalue weighted by Gasteiger charge is -2.12. The highest BCUT2D eigenvalue weighted by Crippen LogP contribution is 2.30. The summed E-state index contributed by atoms with van der Waals surface area (Å²) in [5.41, 5.74) is 3.79. The SMILES string of the molecule is COc1cc(C)cc(C)c1C(=O)C1=CCCC1. The molecule has 0 bridgehead atoms. The summed E-state index contributed by atoms with van der Waals surface area (Å²) >= 11 is 0. The molecule has 1 aliphatic carbocycles. The molecule has 2 rings (SSSR count). The second-order valence-electron chi connectivity index (χ2n) is 4.61. The third kappa shape index (κ3) is 2.26. The van der Waals surface area contributed by atoms with Crippen molar-refractivity contribution < 1.29 is 9.53 Å². The van der Waals surface area contributed by atoms with Crippen molar-refractivity contribution in [3.05, 3.63) is 40.5 Å². The van der Waals surface area contributed by atoms with Crippen LogP contribution in [0.15, 0.2) is 23.8 Å². The van der Waals surface area contributed by atoms with Crippen LogP contribution in [0.5, 0.6) is 5.75 Å². The molecular weight excluding hydrogens is 212 g/mol. The minimum atomic E-state index is 0.136. The van der Waals surface area contributed by atoms with E-state index < -0.39 is 0 Å². The zero-order chi connectivity index (χ0) is 12.4. The fourth-order valence-electron chi connectivity index (χ4n) is 2.42. The molecule has 1 aromatic carbocycles. The first-order valence-electron chi connectivity index (χ1n) is 6.02. The standard InChI is InChI=1S/C15H18O2/c1-10-8-11(2)14(13(9-10)17-3)15(16)12-6-4-5-7-12/h6,8-9H,4-5,7H2,1-3H3. The molecule has 1 aromatic rings. The first-order valence-corrected chi connectivity index (χ1v) is 6.02. The lowest BCUT2D eigenvalue weighted by Crippen LogP contribution is -2.07. The van der Waals surface area contributed by atoms with Gasteiger partial charge in [0.05, 0.1) is 12.7 Å². The van der Waals surface area contributed by atoms with Crippen molar-refractivity contribution in [2.75, 3.05) is 7.11 Å². The normalized spacial score (nSPS) is 14.6. The van der Waals surface area contributed by atoms with Gasteiger partial charge in [0.2, 0.25) is 0 Å². The zero-order valence-electron chi connectivity index (χ0n) is 10.7. The maximum atomic E-state index is 12.4. The maximum Gasteiger partial charge on any atom is 0.192 e. The van der Waals surface area contributed by atoms with Crippen LogP contribution in [0.3, 0.4) is 0 Å². The highest BCUT2D eigenvalue weighted by atomic mass is 16.5. The summed E-state index contributed by atoms with van der Waals surface area (Å²) in [5, 5.41) is 0. The molecule has 0 fully saturated rings. The van der Waals surface area contributed by atoms with Crippen LogP contribution in [0.1, 0.15) is 40.7 Å². The van der Waals surface area contributed by atoms with Gasteiger partial charge in [-0.3, -0.25) is 4.79 Å². The smallest absolute Gasteiger partial charge is 0.192 e. The summed E-state index contributed by atoms with van der Waals surface area (Å²) in [5.74, 6) is 0.831. The second-order valence-corrected chi connectivity index (χ2v) is 4.61. The summed E-state index contributed by atoms with van der Waals surface area (Å²) in [4.78, 5) is 12.4. The average Bonchev–Trinajstić information content (AvgIpc) is 2.80. The molecule has 0 saturated carbocycles. The van der Waals surface area contributed by atoms with Crippen LogP contribution in [0.25, 0.3) is 0 Å². The predicted octanol–water partition coefficient (Wildman–Crippen LogP) is 3.61. The molecule has 90 valence electrons. The maximum absolute atomic E-state index is 12.4. The third-order valence-electron chi connectivity index (χ3n) is 3.22. The first kappa shape index (κ1) is 11.9. The van der Waals surface area contributed by atoms with E-state index in [1.807, 2.05) is 26.0 Å².